The van der Waals surface area contributed by atoms with E-state index < -0.39 is 5.82 Å². The third kappa shape index (κ3) is 3.52. The van der Waals surface area contributed by atoms with Crippen LogP contribution in [0.15, 0.2) is 53.6 Å². The van der Waals surface area contributed by atoms with Crippen LogP contribution in [0.25, 0.3) is 17.1 Å². The molecule has 0 radical (unpaired) electrons. The van der Waals surface area contributed by atoms with E-state index in [0.29, 0.717) is 0 Å². The fraction of sp³-hybridized carbons (Fsp3) is 0.100. The van der Waals surface area contributed by atoms with Crippen molar-refractivity contribution in [2.45, 2.75) is 13.8 Å². The third-order valence-electron chi connectivity index (χ3n) is 4.49. The minimum Gasteiger partial charge on any atom is -0.250 e. The summed E-state index contributed by atoms with van der Waals surface area (Å²) >= 11 is 5.24. The van der Waals surface area contributed by atoms with Gasteiger partial charge in [0, 0.05) is 5.56 Å². The van der Waals surface area contributed by atoms with Crippen LogP contribution in [0, 0.1) is 30.3 Å². The van der Waals surface area contributed by atoms with Gasteiger partial charge in [-0.2, -0.15) is 20.0 Å². The second-order valence-corrected chi connectivity index (χ2v) is 6.75. The van der Waals surface area contributed by atoms with Crippen LogP contribution in [0.1, 0.15) is 17.0 Å². The maximum Gasteiger partial charge on any atom is 0.216 e. The molecule has 29 heavy (non-hydrogen) atoms. The van der Waals surface area contributed by atoms with Gasteiger partial charge in [-0.15, -0.1) is 0 Å². The lowest BCUT2D eigenvalue weighted by Gasteiger charge is -2.04. The van der Waals surface area contributed by atoms with Gasteiger partial charge in [-0.05, 0) is 62.5 Å². The molecule has 9 heteroatoms. The van der Waals surface area contributed by atoms with Crippen LogP contribution in [0.5, 0.6) is 0 Å². The SMILES string of the molecule is Cc1nn(-c2ccc(F)cc2)c(C)c1C=Nn1c(-c2ccccc2F)n[nH]c1=S. The summed E-state index contributed by atoms with van der Waals surface area (Å²) in [7, 11) is 0. The highest BCUT2D eigenvalue weighted by Gasteiger charge is 2.14. The molecule has 0 bridgehead atoms. The summed E-state index contributed by atoms with van der Waals surface area (Å²) in [6.07, 6.45) is 1.60. The lowest BCUT2D eigenvalue weighted by Crippen LogP contribution is -2.00. The zero-order valence-electron chi connectivity index (χ0n) is 15.6. The molecule has 2 aromatic heterocycles. The number of hydrogen-bond acceptors (Lipinski definition) is 4. The van der Waals surface area contributed by atoms with Gasteiger partial charge in [0.15, 0.2) is 5.82 Å². The van der Waals surface area contributed by atoms with Crippen LogP contribution < -0.4 is 0 Å². The number of rotatable bonds is 4. The summed E-state index contributed by atoms with van der Waals surface area (Å²) in [4.78, 5) is 0. The van der Waals surface area contributed by atoms with Gasteiger partial charge in [-0.25, -0.2) is 18.6 Å². The fourth-order valence-corrected chi connectivity index (χ4v) is 3.19. The maximum atomic E-state index is 14.2. The van der Waals surface area contributed by atoms with Crippen molar-refractivity contribution in [3.63, 3.8) is 0 Å². The lowest BCUT2D eigenvalue weighted by molar-refractivity contribution is 0.626. The van der Waals surface area contributed by atoms with Crippen molar-refractivity contribution >= 4 is 18.4 Å². The molecule has 0 amide bonds. The van der Waals surface area contributed by atoms with E-state index in [1.54, 1.807) is 41.2 Å². The first-order valence-corrected chi connectivity index (χ1v) is 9.15. The van der Waals surface area contributed by atoms with Crippen molar-refractivity contribution in [2.75, 3.05) is 0 Å². The van der Waals surface area contributed by atoms with Gasteiger partial charge < -0.3 is 0 Å². The number of H-pyrrole nitrogens is 1. The minimum absolute atomic E-state index is 0.237. The Bertz CT molecular complexity index is 1270. The van der Waals surface area contributed by atoms with Crippen molar-refractivity contribution in [1.29, 1.82) is 0 Å². The zero-order valence-corrected chi connectivity index (χ0v) is 16.4. The topological polar surface area (TPSA) is 63.8 Å². The van der Waals surface area contributed by atoms with Gasteiger partial charge in [-0.3, -0.25) is 0 Å². The van der Waals surface area contributed by atoms with Gasteiger partial charge in [-0.1, -0.05) is 12.1 Å². The first-order valence-electron chi connectivity index (χ1n) is 8.74. The highest BCUT2D eigenvalue weighted by molar-refractivity contribution is 7.71. The average Bonchev–Trinajstić information content (AvgIpc) is 3.20. The largest absolute Gasteiger partial charge is 0.250 e. The van der Waals surface area contributed by atoms with Crippen LogP contribution in [-0.4, -0.2) is 30.9 Å². The first-order chi connectivity index (χ1) is 14.0. The molecule has 0 aliphatic rings. The number of hydrogen-bond donors (Lipinski definition) is 1. The Balaban J connectivity index is 1.75. The molecule has 1 N–H and O–H groups in total. The molecule has 0 spiro atoms. The zero-order chi connectivity index (χ0) is 20.5. The second kappa shape index (κ2) is 7.51. The van der Waals surface area contributed by atoms with Crippen LogP contribution in [-0.2, 0) is 0 Å². The summed E-state index contributed by atoms with van der Waals surface area (Å²) in [6.45, 7) is 3.73. The molecule has 6 nitrogen and oxygen atoms in total. The molecular weight excluding hydrogens is 394 g/mol. The van der Waals surface area contributed by atoms with Crippen LogP contribution in [0.4, 0.5) is 8.78 Å². The van der Waals surface area contributed by atoms with Gasteiger partial charge in [0.2, 0.25) is 4.77 Å². The number of benzene rings is 2. The van der Waals surface area contributed by atoms with Crippen LogP contribution in [0.2, 0.25) is 0 Å². The minimum atomic E-state index is -0.422. The highest BCUT2D eigenvalue weighted by atomic mass is 32.1. The van der Waals surface area contributed by atoms with Crippen LogP contribution >= 0.6 is 12.2 Å². The molecule has 0 aliphatic heterocycles. The van der Waals surface area contributed by atoms with Crippen molar-refractivity contribution in [2.24, 2.45) is 5.10 Å². The van der Waals surface area contributed by atoms with E-state index in [2.05, 4.69) is 20.4 Å². The van der Waals surface area contributed by atoms with Crippen molar-refractivity contribution < 1.29 is 8.78 Å². The molecule has 0 fully saturated rings. The number of aromatic amines is 1. The van der Waals surface area contributed by atoms with E-state index in [1.165, 1.54) is 22.9 Å². The molecule has 0 atom stereocenters. The molecule has 0 unspecified atom stereocenters. The molecule has 0 saturated heterocycles. The Labute approximate surface area is 170 Å². The first kappa shape index (κ1) is 18.9. The van der Waals surface area contributed by atoms with Crippen molar-refractivity contribution in [3.05, 3.63) is 81.9 Å². The summed E-state index contributed by atoms with van der Waals surface area (Å²) < 4.78 is 30.7. The normalized spacial score (nSPS) is 11.4. The van der Waals surface area contributed by atoms with Gasteiger partial charge >= 0.3 is 0 Å². The summed E-state index contributed by atoms with van der Waals surface area (Å²) in [5, 5.41) is 15.7. The Kier molecular flexibility index (Phi) is 4.89. The molecule has 2 heterocycles. The Morgan fingerprint density at radius 1 is 1.07 bits per heavy atom. The predicted octanol–water partition coefficient (Wildman–Crippen LogP) is 4.57. The standard InChI is InChI=1S/C20H16F2N6S/c1-12-17(13(2)27(26-12)15-9-7-14(21)8-10-15)11-23-28-19(24-25-20(28)29)16-5-3-4-6-18(16)22/h3-11H,1-2H3,(H,25,29). The molecule has 4 rings (SSSR count). The molecule has 2 aromatic carbocycles. The quantitative estimate of drug-likeness (QED) is 0.396. The average molecular weight is 410 g/mol. The second-order valence-electron chi connectivity index (χ2n) is 6.36. The molecule has 4 aromatic rings. The monoisotopic (exact) mass is 410 g/mol. The lowest BCUT2D eigenvalue weighted by atomic mass is 10.2. The third-order valence-corrected chi connectivity index (χ3v) is 4.75. The molecular formula is C20H16F2N6S. The molecule has 0 saturated carbocycles. The van der Waals surface area contributed by atoms with Gasteiger partial charge in [0.1, 0.15) is 11.6 Å². The number of nitrogens with one attached hydrogen (secondary N) is 1. The maximum absolute atomic E-state index is 14.2. The predicted molar refractivity (Wildman–Crippen MR) is 109 cm³/mol. The number of aryl methyl sites for hydroxylation is 1. The number of aromatic nitrogens is 5. The summed E-state index contributed by atoms with van der Waals surface area (Å²) in [5.74, 6) is -0.466. The van der Waals surface area contributed by atoms with Crippen molar-refractivity contribution in [3.8, 4) is 17.1 Å². The van der Waals surface area contributed by atoms with E-state index in [4.69, 9.17) is 12.2 Å². The van der Waals surface area contributed by atoms with E-state index in [0.717, 1.165) is 22.6 Å². The van der Waals surface area contributed by atoms with Crippen LogP contribution in [0.3, 0.4) is 0 Å². The molecule has 0 aliphatic carbocycles. The van der Waals surface area contributed by atoms with E-state index in [9.17, 15) is 8.78 Å². The molecule has 146 valence electrons. The smallest absolute Gasteiger partial charge is 0.216 e. The van der Waals surface area contributed by atoms with Gasteiger partial charge in [0.05, 0.1) is 28.9 Å². The highest BCUT2D eigenvalue weighted by Crippen LogP contribution is 2.21. The Morgan fingerprint density at radius 3 is 2.52 bits per heavy atom. The summed E-state index contributed by atoms with van der Waals surface area (Å²) in [5.41, 5.74) is 3.35. The Hall–Kier alpha value is -3.46. The van der Waals surface area contributed by atoms with E-state index >= 15 is 0 Å². The van der Waals surface area contributed by atoms with Gasteiger partial charge in [0.25, 0.3) is 0 Å². The Morgan fingerprint density at radius 2 is 1.79 bits per heavy atom. The van der Waals surface area contributed by atoms with E-state index in [-0.39, 0.29) is 22.0 Å². The summed E-state index contributed by atoms with van der Waals surface area (Å²) in [6, 6.07) is 12.3. The van der Waals surface area contributed by atoms with Crippen molar-refractivity contribution in [1.82, 2.24) is 24.7 Å². The number of halogens is 2. The fourth-order valence-electron chi connectivity index (χ4n) is 3.01. The van der Waals surface area contributed by atoms with E-state index in [1.807, 2.05) is 13.8 Å². The number of nitrogens with zero attached hydrogens (tertiary/aromatic N) is 5.